The van der Waals surface area contributed by atoms with E-state index in [-0.39, 0.29) is 25.5 Å². The first-order chi connectivity index (χ1) is 13.1. The Hall–Kier alpha value is -1.10. The molecule has 11 nitrogen and oxygen atoms in total. The Bertz CT molecular complexity index is 703. The maximum atomic E-state index is 13.2. The van der Waals surface area contributed by atoms with E-state index in [1.54, 1.807) is 20.8 Å². The maximum absolute atomic E-state index is 13.2. The molecule has 160 valence electrons. The van der Waals surface area contributed by atoms with Crippen LogP contribution in [0.2, 0.25) is 0 Å². The number of nitrogens with zero attached hydrogens (tertiary/aromatic N) is 3. The normalized spacial score (nSPS) is 13.1. The average Bonchev–Trinajstić information content (AvgIpc) is 3.07. The first-order valence-electron chi connectivity index (χ1n) is 8.04. The zero-order valence-corrected chi connectivity index (χ0v) is 18.4. The number of nitrogens with one attached hydrogen (secondary N) is 1. The zero-order chi connectivity index (χ0) is 21.4. The molecular weight excluding hydrogens is 461 g/mol. The van der Waals surface area contributed by atoms with Crippen LogP contribution in [-0.2, 0) is 23.1 Å². The van der Waals surface area contributed by atoms with Crippen LogP contribution in [0.1, 0.15) is 37.2 Å². The van der Waals surface area contributed by atoms with E-state index in [2.05, 4.69) is 15.6 Å². The van der Waals surface area contributed by atoms with Gasteiger partial charge in [0.25, 0.3) is 0 Å². The molecule has 15 heteroatoms. The van der Waals surface area contributed by atoms with E-state index in [9.17, 15) is 14.2 Å². The largest absolute Gasteiger partial charge is 0.461 e. The number of ether oxygens (including phenoxy) is 2. The van der Waals surface area contributed by atoms with Crippen LogP contribution in [0.25, 0.3) is 0 Å². The van der Waals surface area contributed by atoms with Gasteiger partial charge in [-0.15, -0.1) is 5.10 Å². The van der Waals surface area contributed by atoms with Gasteiger partial charge in [0.05, 0.1) is 26.0 Å². The second-order valence-electron chi connectivity index (χ2n) is 4.87. The van der Waals surface area contributed by atoms with E-state index in [0.29, 0.717) is 0 Å². The number of alkyl carbamates (subject to hydrolysis) is 1. The highest BCUT2D eigenvalue weighted by Crippen LogP contribution is 2.57. The van der Waals surface area contributed by atoms with Crippen LogP contribution in [0.4, 0.5) is 4.79 Å². The molecule has 1 rings (SSSR count). The van der Waals surface area contributed by atoms with Crippen LogP contribution in [0.15, 0.2) is 6.20 Å². The van der Waals surface area contributed by atoms with Crippen LogP contribution in [0.3, 0.4) is 0 Å². The van der Waals surface area contributed by atoms with Gasteiger partial charge in [-0.2, -0.15) is 0 Å². The van der Waals surface area contributed by atoms with Gasteiger partial charge < -0.3 is 18.5 Å². The molecule has 0 bridgehead atoms. The first-order valence-corrected chi connectivity index (χ1v) is 10.8. The van der Waals surface area contributed by atoms with Gasteiger partial charge in [0.15, 0.2) is 5.69 Å². The molecule has 0 radical (unpaired) electrons. The minimum Gasteiger partial charge on any atom is -0.461 e. The SMILES string of the molecule is CCOC(=O)c1cnnn1C(NC(=O)OCC(Cl)(Cl)Cl)P(=O)(OCC)OCC. The molecule has 0 aliphatic rings. The van der Waals surface area contributed by atoms with Gasteiger partial charge in [0, 0.05) is 0 Å². The van der Waals surface area contributed by atoms with E-state index >= 15 is 0 Å². The Labute approximate surface area is 176 Å². The molecule has 1 aromatic rings. The number of carbonyl (C=O) groups is 2. The monoisotopic (exact) mass is 480 g/mol. The highest BCUT2D eigenvalue weighted by Gasteiger charge is 2.42. The topological polar surface area (TPSA) is 131 Å². The fourth-order valence-corrected chi connectivity index (χ4v) is 3.82. The lowest BCUT2D eigenvalue weighted by Gasteiger charge is -2.27. The molecule has 1 amide bonds. The Morgan fingerprint density at radius 1 is 1.18 bits per heavy atom. The smallest absolute Gasteiger partial charge is 0.409 e. The number of esters is 1. The number of amides is 1. The standard InChI is InChI=1S/C13H20Cl3N4O7P/c1-4-24-10(21)9-7-17-19-20(9)11(28(23,26-5-2)27-6-3)18-12(22)25-8-13(14,15)16/h7,11H,4-6,8H2,1-3H3,(H,18,22). The summed E-state index contributed by atoms with van der Waals surface area (Å²) in [5.74, 6) is -2.41. The van der Waals surface area contributed by atoms with E-state index < -0.39 is 36.0 Å². The number of rotatable bonds is 10. The van der Waals surface area contributed by atoms with Gasteiger partial charge in [-0.05, 0) is 20.8 Å². The lowest BCUT2D eigenvalue weighted by Crippen LogP contribution is -2.37. The minimum atomic E-state index is -4.08. The minimum absolute atomic E-state index is 0.0257. The van der Waals surface area contributed by atoms with Gasteiger partial charge in [-0.25, -0.2) is 14.3 Å². The van der Waals surface area contributed by atoms with Crippen molar-refractivity contribution >= 4 is 54.5 Å². The molecule has 1 N–H and O–H groups in total. The number of carbonyl (C=O) groups excluding carboxylic acids is 2. The molecule has 0 saturated heterocycles. The van der Waals surface area contributed by atoms with Gasteiger partial charge in [0.1, 0.15) is 6.61 Å². The summed E-state index contributed by atoms with van der Waals surface area (Å²) in [6.07, 6.45) is -0.0528. The van der Waals surface area contributed by atoms with Crippen molar-refractivity contribution in [1.82, 2.24) is 20.3 Å². The summed E-state index contributed by atoms with van der Waals surface area (Å²) in [6, 6.07) is 0. The van der Waals surface area contributed by atoms with E-state index in [4.69, 9.17) is 53.3 Å². The summed E-state index contributed by atoms with van der Waals surface area (Å²) in [5.41, 5.74) is -0.201. The van der Waals surface area contributed by atoms with Crippen molar-refractivity contribution in [3.05, 3.63) is 11.9 Å². The summed E-state index contributed by atoms with van der Waals surface area (Å²) in [5, 5.41) is 9.54. The molecule has 1 aromatic heterocycles. The Morgan fingerprint density at radius 2 is 1.79 bits per heavy atom. The lowest BCUT2D eigenvalue weighted by molar-refractivity contribution is 0.0508. The first kappa shape index (κ1) is 24.9. The molecular formula is C13H20Cl3N4O7P. The summed E-state index contributed by atoms with van der Waals surface area (Å²) < 4.78 is 32.4. The zero-order valence-electron chi connectivity index (χ0n) is 15.3. The molecule has 0 aliphatic carbocycles. The lowest BCUT2D eigenvalue weighted by atomic mass is 10.5. The van der Waals surface area contributed by atoms with E-state index in [0.717, 1.165) is 10.9 Å². The second kappa shape index (κ2) is 11.2. The molecule has 0 aliphatic heterocycles. The van der Waals surface area contributed by atoms with Gasteiger partial charge in [0.2, 0.25) is 9.70 Å². The fraction of sp³-hybridized carbons (Fsp3) is 0.692. The third-order valence-corrected chi connectivity index (χ3v) is 5.33. The van der Waals surface area contributed by atoms with E-state index in [1.165, 1.54) is 0 Å². The van der Waals surface area contributed by atoms with Crippen LogP contribution in [0, 0.1) is 0 Å². The number of aromatic nitrogens is 3. The average molecular weight is 482 g/mol. The van der Waals surface area contributed by atoms with Crippen LogP contribution in [0.5, 0.6) is 0 Å². The van der Waals surface area contributed by atoms with Crippen molar-refractivity contribution in [3.63, 3.8) is 0 Å². The fourth-order valence-electron chi connectivity index (χ4n) is 1.88. The van der Waals surface area contributed by atoms with Crippen molar-refractivity contribution < 1.29 is 32.7 Å². The van der Waals surface area contributed by atoms with Gasteiger partial charge in [-0.1, -0.05) is 40.0 Å². The third-order valence-electron chi connectivity index (χ3n) is 2.82. The molecule has 0 aromatic carbocycles. The predicted octanol–water partition coefficient (Wildman–Crippen LogP) is 3.27. The highest BCUT2D eigenvalue weighted by molar-refractivity contribution is 7.53. The number of alkyl halides is 3. The van der Waals surface area contributed by atoms with Crippen molar-refractivity contribution in [2.45, 2.75) is 30.5 Å². The van der Waals surface area contributed by atoms with Crippen LogP contribution in [-0.4, -0.2) is 57.3 Å². The van der Waals surface area contributed by atoms with Gasteiger partial charge in [-0.3, -0.25) is 9.88 Å². The quantitative estimate of drug-likeness (QED) is 0.304. The number of hydrogen-bond acceptors (Lipinski definition) is 9. The summed E-state index contributed by atoms with van der Waals surface area (Å²) in [4.78, 5) is 24.3. The molecule has 28 heavy (non-hydrogen) atoms. The van der Waals surface area contributed by atoms with Gasteiger partial charge >= 0.3 is 19.7 Å². The van der Waals surface area contributed by atoms with Crippen LogP contribution < -0.4 is 5.32 Å². The maximum Gasteiger partial charge on any atom is 0.409 e. The Balaban J connectivity index is 3.26. The van der Waals surface area contributed by atoms with Crippen LogP contribution >= 0.6 is 42.4 Å². The molecule has 0 saturated carbocycles. The van der Waals surface area contributed by atoms with E-state index in [1.807, 2.05) is 0 Å². The third kappa shape index (κ3) is 7.38. The predicted molar refractivity (Wildman–Crippen MR) is 101 cm³/mol. The van der Waals surface area contributed by atoms with Crippen molar-refractivity contribution in [2.24, 2.45) is 0 Å². The Kier molecular flexibility index (Phi) is 9.96. The summed E-state index contributed by atoms with van der Waals surface area (Å²) in [6.45, 7) is 4.16. The molecule has 1 atom stereocenters. The molecule has 1 unspecified atom stereocenters. The summed E-state index contributed by atoms with van der Waals surface area (Å²) >= 11 is 16.6. The van der Waals surface area contributed by atoms with Crippen molar-refractivity contribution in [3.8, 4) is 0 Å². The number of hydrogen-bond donors (Lipinski definition) is 1. The summed E-state index contributed by atoms with van der Waals surface area (Å²) in [7, 11) is -4.08. The second-order valence-corrected chi connectivity index (χ2v) is 9.47. The molecule has 0 spiro atoms. The Morgan fingerprint density at radius 3 is 2.29 bits per heavy atom. The van der Waals surface area contributed by atoms with Crippen molar-refractivity contribution in [2.75, 3.05) is 26.4 Å². The molecule has 0 fully saturated rings. The number of halogens is 3. The van der Waals surface area contributed by atoms with Crippen molar-refractivity contribution in [1.29, 1.82) is 0 Å². The highest BCUT2D eigenvalue weighted by atomic mass is 35.6. The molecule has 1 heterocycles.